The van der Waals surface area contributed by atoms with E-state index in [2.05, 4.69) is 15.6 Å². The monoisotopic (exact) mass is 411 g/mol. The van der Waals surface area contributed by atoms with Gasteiger partial charge in [-0.05, 0) is 31.9 Å². The molecule has 2 rings (SSSR count). The fourth-order valence-electron chi connectivity index (χ4n) is 1.65. The highest BCUT2D eigenvalue weighted by molar-refractivity contribution is 14.0. The summed E-state index contributed by atoms with van der Waals surface area (Å²) in [5.41, 5.74) is 0. The zero-order chi connectivity index (χ0) is 14.4. The first-order valence-electron chi connectivity index (χ1n) is 6.81. The van der Waals surface area contributed by atoms with Crippen molar-refractivity contribution >= 4 is 29.9 Å². The van der Waals surface area contributed by atoms with E-state index >= 15 is 0 Å². The van der Waals surface area contributed by atoms with E-state index in [1.165, 1.54) is 25.0 Å². The molecule has 1 aromatic rings. The maximum absolute atomic E-state index is 13.3. The standard InChI is InChI=1S/C14H19F2N3O.HI/c1-2-17-14(19-11-4-5-11)18-7-8-20-13-6-3-10(15)9-12(13)16;/h3,6,9,11H,2,4-5,7-8H2,1H3,(H2,17,18,19);1H. The topological polar surface area (TPSA) is 45.7 Å². The first kappa shape index (κ1) is 17.9. The fourth-order valence-corrected chi connectivity index (χ4v) is 1.65. The number of hydrogen-bond donors (Lipinski definition) is 2. The Bertz CT molecular complexity index is 481. The van der Waals surface area contributed by atoms with Crippen LogP contribution in [-0.2, 0) is 0 Å². The van der Waals surface area contributed by atoms with Crippen LogP contribution in [-0.4, -0.2) is 31.7 Å². The van der Waals surface area contributed by atoms with E-state index in [-0.39, 0.29) is 36.3 Å². The van der Waals surface area contributed by atoms with Crippen molar-refractivity contribution in [2.45, 2.75) is 25.8 Å². The van der Waals surface area contributed by atoms with Crippen molar-refractivity contribution in [2.75, 3.05) is 19.7 Å². The van der Waals surface area contributed by atoms with E-state index in [1.54, 1.807) is 0 Å². The Morgan fingerprint density at radius 2 is 2.14 bits per heavy atom. The summed E-state index contributed by atoms with van der Waals surface area (Å²) in [7, 11) is 0. The van der Waals surface area contributed by atoms with E-state index in [9.17, 15) is 8.78 Å². The second-order valence-corrected chi connectivity index (χ2v) is 4.60. The van der Waals surface area contributed by atoms with Crippen LogP contribution >= 0.6 is 24.0 Å². The summed E-state index contributed by atoms with van der Waals surface area (Å²) in [6, 6.07) is 3.77. The predicted octanol–water partition coefficient (Wildman–Crippen LogP) is 2.68. The van der Waals surface area contributed by atoms with Gasteiger partial charge in [0.05, 0.1) is 6.54 Å². The Hall–Kier alpha value is -1.12. The molecular formula is C14H20F2IN3O. The molecule has 0 heterocycles. The Balaban J connectivity index is 0.00000220. The minimum atomic E-state index is -0.697. The molecule has 4 nitrogen and oxygen atoms in total. The molecule has 0 saturated heterocycles. The molecule has 21 heavy (non-hydrogen) atoms. The molecule has 1 aliphatic carbocycles. The Morgan fingerprint density at radius 1 is 1.38 bits per heavy atom. The lowest BCUT2D eigenvalue weighted by Crippen LogP contribution is -2.38. The summed E-state index contributed by atoms with van der Waals surface area (Å²) in [6.45, 7) is 3.42. The average Bonchev–Trinajstić information content (AvgIpc) is 3.20. The number of halogens is 3. The van der Waals surface area contributed by atoms with Crippen molar-refractivity contribution < 1.29 is 13.5 Å². The molecule has 7 heteroatoms. The van der Waals surface area contributed by atoms with Crippen LogP contribution in [0.25, 0.3) is 0 Å². The third kappa shape index (κ3) is 6.45. The zero-order valence-electron chi connectivity index (χ0n) is 11.9. The first-order chi connectivity index (χ1) is 9.69. The van der Waals surface area contributed by atoms with Crippen LogP contribution in [0.15, 0.2) is 23.2 Å². The molecule has 118 valence electrons. The van der Waals surface area contributed by atoms with Crippen molar-refractivity contribution in [3.63, 3.8) is 0 Å². The Morgan fingerprint density at radius 3 is 2.76 bits per heavy atom. The van der Waals surface area contributed by atoms with Crippen molar-refractivity contribution in [1.29, 1.82) is 0 Å². The summed E-state index contributed by atoms with van der Waals surface area (Å²) in [4.78, 5) is 4.33. The smallest absolute Gasteiger partial charge is 0.191 e. The zero-order valence-corrected chi connectivity index (χ0v) is 14.2. The first-order valence-corrected chi connectivity index (χ1v) is 6.81. The molecule has 0 aliphatic heterocycles. The highest BCUT2D eigenvalue weighted by atomic mass is 127. The maximum atomic E-state index is 13.3. The summed E-state index contributed by atoms with van der Waals surface area (Å²) in [5, 5.41) is 6.40. The molecule has 1 aliphatic rings. The number of ether oxygens (including phenoxy) is 1. The van der Waals surface area contributed by atoms with Crippen LogP contribution in [0.1, 0.15) is 19.8 Å². The summed E-state index contributed by atoms with van der Waals surface area (Å²) in [6.07, 6.45) is 2.34. The van der Waals surface area contributed by atoms with Crippen LogP contribution in [0, 0.1) is 11.6 Å². The molecule has 0 aromatic heterocycles. The normalized spacial score (nSPS) is 14.3. The van der Waals surface area contributed by atoms with E-state index in [0.29, 0.717) is 12.6 Å². The van der Waals surface area contributed by atoms with Crippen LogP contribution in [0.3, 0.4) is 0 Å². The lowest BCUT2D eigenvalue weighted by Gasteiger charge is -2.10. The van der Waals surface area contributed by atoms with Gasteiger partial charge in [-0.3, -0.25) is 0 Å². The minimum Gasteiger partial charge on any atom is -0.489 e. The van der Waals surface area contributed by atoms with Crippen LogP contribution in [0.2, 0.25) is 0 Å². The molecule has 1 saturated carbocycles. The molecule has 1 fully saturated rings. The van der Waals surface area contributed by atoms with Gasteiger partial charge in [-0.25, -0.2) is 13.8 Å². The molecular weight excluding hydrogens is 391 g/mol. The molecule has 0 unspecified atom stereocenters. The highest BCUT2D eigenvalue weighted by Crippen LogP contribution is 2.18. The second-order valence-electron chi connectivity index (χ2n) is 4.60. The largest absolute Gasteiger partial charge is 0.489 e. The number of nitrogens with one attached hydrogen (secondary N) is 2. The quantitative estimate of drug-likeness (QED) is 0.328. The van der Waals surface area contributed by atoms with Crippen LogP contribution < -0.4 is 15.4 Å². The lowest BCUT2D eigenvalue weighted by molar-refractivity contribution is 0.310. The summed E-state index contributed by atoms with van der Waals surface area (Å²) >= 11 is 0. The molecule has 2 N–H and O–H groups in total. The van der Waals surface area contributed by atoms with Gasteiger partial charge in [-0.1, -0.05) is 0 Å². The summed E-state index contributed by atoms with van der Waals surface area (Å²) in [5.74, 6) is -0.521. The van der Waals surface area contributed by atoms with Crippen LogP contribution in [0.4, 0.5) is 8.78 Å². The third-order valence-electron chi connectivity index (χ3n) is 2.78. The second kappa shape index (κ2) is 9.01. The van der Waals surface area contributed by atoms with E-state index in [1.807, 2.05) is 6.92 Å². The number of aliphatic imine (C=N–C) groups is 1. The SMILES string of the molecule is CCNC(=NCCOc1ccc(F)cc1F)NC1CC1.I. The fraction of sp³-hybridized carbons (Fsp3) is 0.500. The van der Waals surface area contributed by atoms with Gasteiger partial charge in [-0.2, -0.15) is 0 Å². The Labute approximate surface area is 140 Å². The van der Waals surface area contributed by atoms with Gasteiger partial charge in [0, 0.05) is 18.7 Å². The van der Waals surface area contributed by atoms with Gasteiger partial charge in [0.25, 0.3) is 0 Å². The van der Waals surface area contributed by atoms with Gasteiger partial charge in [0.15, 0.2) is 17.5 Å². The van der Waals surface area contributed by atoms with E-state index in [0.717, 1.165) is 18.6 Å². The van der Waals surface area contributed by atoms with Gasteiger partial charge in [0.1, 0.15) is 12.4 Å². The molecule has 0 radical (unpaired) electrons. The van der Waals surface area contributed by atoms with E-state index in [4.69, 9.17) is 4.74 Å². The molecule has 0 amide bonds. The average molecular weight is 411 g/mol. The van der Waals surface area contributed by atoms with Crippen LogP contribution in [0.5, 0.6) is 5.75 Å². The predicted molar refractivity (Wildman–Crippen MR) is 89.4 cm³/mol. The number of hydrogen-bond acceptors (Lipinski definition) is 2. The van der Waals surface area contributed by atoms with Crippen molar-refractivity contribution in [3.8, 4) is 5.75 Å². The van der Waals surface area contributed by atoms with E-state index < -0.39 is 11.6 Å². The number of benzene rings is 1. The number of guanidine groups is 1. The molecule has 0 atom stereocenters. The van der Waals surface area contributed by atoms with Gasteiger partial charge < -0.3 is 15.4 Å². The number of nitrogens with zero attached hydrogens (tertiary/aromatic N) is 1. The molecule has 0 spiro atoms. The minimum absolute atomic E-state index is 0. The lowest BCUT2D eigenvalue weighted by atomic mass is 10.3. The maximum Gasteiger partial charge on any atom is 0.191 e. The molecule has 0 bridgehead atoms. The van der Waals surface area contributed by atoms with Gasteiger partial charge in [0.2, 0.25) is 0 Å². The Kier molecular flexibility index (Phi) is 7.69. The molecule has 1 aromatic carbocycles. The van der Waals surface area contributed by atoms with Crippen molar-refractivity contribution in [1.82, 2.24) is 10.6 Å². The van der Waals surface area contributed by atoms with Crippen molar-refractivity contribution in [2.24, 2.45) is 4.99 Å². The summed E-state index contributed by atoms with van der Waals surface area (Å²) < 4.78 is 31.3. The number of rotatable bonds is 6. The van der Waals surface area contributed by atoms with Crippen molar-refractivity contribution in [3.05, 3.63) is 29.8 Å². The third-order valence-corrected chi connectivity index (χ3v) is 2.78. The van der Waals surface area contributed by atoms with Gasteiger partial charge >= 0.3 is 0 Å². The van der Waals surface area contributed by atoms with Gasteiger partial charge in [-0.15, -0.1) is 24.0 Å². The highest BCUT2D eigenvalue weighted by Gasteiger charge is 2.21.